The molecule has 2 aromatic carbocycles. The maximum atomic E-state index is 8.58. The van der Waals surface area contributed by atoms with E-state index in [0.717, 1.165) is 16.8 Å². The quantitative estimate of drug-likeness (QED) is 0.897. The number of hydrogen-bond donors (Lipinski definition) is 1. The molecule has 0 spiro atoms. The molecule has 3 nitrogen and oxygen atoms in total. The van der Waals surface area contributed by atoms with Crippen LogP contribution in [-0.4, -0.2) is 6.61 Å². The van der Waals surface area contributed by atoms with Crippen LogP contribution in [0.4, 0.5) is 5.69 Å². The Morgan fingerprint density at radius 3 is 2.80 bits per heavy atom. The maximum absolute atomic E-state index is 8.58. The molecule has 0 fully saturated rings. The summed E-state index contributed by atoms with van der Waals surface area (Å²) in [5, 5.41) is 12.6. The van der Waals surface area contributed by atoms with E-state index in [1.807, 2.05) is 55.5 Å². The van der Waals surface area contributed by atoms with Crippen molar-refractivity contribution in [1.29, 1.82) is 5.26 Å². The monoisotopic (exact) mass is 286 g/mol. The van der Waals surface area contributed by atoms with Gasteiger partial charge in [-0.15, -0.1) is 0 Å². The Morgan fingerprint density at radius 2 is 2.05 bits per heavy atom. The molecule has 2 aromatic rings. The molecule has 0 amide bonds. The van der Waals surface area contributed by atoms with Gasteiger partial charge in [-0.05, 0) is 30.7 Å². The topological polar surface area (TPSA) is 45.0 Å². The van der Waals surface area contributed by atoms with Crippen molar-refractivity contribution in [2.24, 2.45) is 0 Å². The first-order chi connectivity index (χ1) is 9.70. The van der Waals surface area contributed by atoms with E-state index in [9.17, 15) is 0 Å². The predicted molar refractivity (Wildman–Crippen MR) is 81.1 cm³/mol. The van der Waals surface area contributed by atoms with Crippen molar-refractivity contribution in [2.75, 3.05) is 11.9 Å². The maximum Gasteiger partial charge on any atom is 0.174 e. The standard InChI is InChI=1S/C16H15ClN2O/c1-12-6-7-15(14(17)10-12)19-11-13-4-2-3-5-16(13)20-9-8-18/h2-7,10,19H,9,11H2,1H3. The van der Waals surface area contributed by atoms with Gasteiger partial charge in [0.15, 0.2) is 6.61 Å². The van der Waals surface area contributed by atoms with Crippen LogP contribution < -0.4 is 10.1 Å². The van der Waals surface area contributed by atoms with Crippen molar-refractivity contribution in [2.45, 2.75) is 13.5 Å². The minimum atomic E-state index is 0.0439. The summed E-state index contributed by atoms with van der Waals surface area (Å²) in [6.07, 6.45) is 0. The Labute approximate surface area is 123 Å². The molecule has 0 aliphatic rings. The van der Waals surface area contributed by atoms with Crippen molar-refractivity contribution in [3.63, 3.8) is 0 Å². The fraction of sp³-hybridized carbons (Fsp3) is 0.188. The molecule has 0 saturated heterocycles. The molecule has 102 valence electrons. The van der Waals surface area contributed by atoms with Crippen molar-refractivity contribution < 1.29 is 4.74 Å². The largest absolute Gasteiger partial charge is 0.478 e. The molecule has 0 radical (unpaired) electrons. The number of benzene rings is 2. The summed E-state index contributed by atoms with van der Waals surface area (Å²) >= 11 is 6.18. The molecule has 0 heterocycles. The number of halogens is 1. The normalized spacial score (nSPS) is 9.85. The van der Waals surface area contributed by atoms with Crippen LogP contribution in [0.3, 0.4) is 0 Å². The Hall–Kier alpha value is -2.18. The molecule has 0 unspecified atom stereocenters. The summed E-state index contributed by atoms with van der Waals surface area (Å²) in [7, 11) is 0. The number of ether oxygens (including phenoxy) is 1. The predicted octanol–water partition coefficient (Wildman–Crippen LogP) is 4.16. The second-order valence-corrected chi connectivity index (χ2v) is 4.80. The molecular formula is C16H15ClN2O. The van der Waals surface area contributed by atoms with E-state index in [1.54, 1.807) is 0 Å². The summed E-state index contributed by atoms with van der Waals surface area (Å²) < 4.78 is 5.39. The van der Waals surface area contributed by atoms with Crippen molar-refractivity contribution in [3.05, 3.63) is 58.6 Å². The minimum Gasteiger partial charge on any atom is -0.478 e. The van der Waals surface area contributed by atoms with Crippen LogP contribution in [0.1, 0.15) is 11.1 Å². The highest BCUT2D eigenvalue weighted by Gasteiger charge is 2.04. The van der Waals surface area contributed by atoms with E-state index in [0.29, 0.717) is 17.3 Å². The van der Waals surface area contributed by atoms with Gasteiger partial charge in [-0.1, -0.05) is 35.9 Å². The first-order valence-corrected chi connectivity index (χ1v) is 6.66. The van der Waals surface area contributed by atoms with Gasteiger partial charge < -0.3 is 10.1 Å². The van der Waals surface area contributed by atoms with E-state index in [4.69, 9.17) is 21.6 Å². The van der Waals surface area contributed by atoms with Gasteiger partial charge in [0.25, 0.3) is 0 Å². The average Bonchev–Trinajstić information content (AvgIpc) is 2.45. The molecule has 2 rings (SSSR count). The highest BCUT2D eigenvalue weighted by Crippen LogP contribution is 2.25. The van der Waals surface area contributed by atoms with E-state index >= 15 is 0 Å². The number of nitrogens with one attached hydrogen (secondary N) is 1. The molecule has 0 aliphatic carbocycles. The van der Waals surface area contributed by atoms with E-state index in [2.05, 4.69) is 5.32 Å². The van der Waals surface area contributed by atoms with Gasteiger partial charge in [0.2, 0.25) is 0 Å². The zero-order chi connectivity index (χ0) is 14.4. The molecule has 0 bridgehead atoms. The molecule has 0 aliphatic heterocycles. The Balaban J connectivity index is 2.09. The smallest absolute Gasteiger partial charge is 0.174 e. The highest BCUT2D eigenvalue weighted by molar-refractivity contribution is 6.33. The number of nitriles is 1. The summed E-state index contributed by atoms with van der Waals surface area (Å²) in [6.45, 7) is 2.63. The third-order valence-electron chi connectivity index (χ3n) is 2.86. The van der Waals surface area contributed by atoms with Gasteiger partial charge in [-0.3, -0.25) is 0 Å². The van der Waals surface area contributed by atoms with Gasteiger partial charge in [0, 0.05) is 12.1 Å². The van der Waals surface area contributed by atoms with E-state index < -0.39 is 0 Å². The fourth-order valence-electron chi connectivity index (χ4n) is 1.85. The lowest BCUT2D eigenvalue weighted by molar-refractivity contribution is 0.364. The summed E-state index contributed by atoms with van der Waals surface area (Å²) in [6, 6.07) is 15.5. The van der Waals surface area contributed by atoms with Gasteiger partial charge in [0.1, 0.15) is 11.8 Å². The molecule has 1 N–H and O–H groups in total. The molecule has 0 aromatic heterocycles. The number of hydrogen-bond acceptors (Lipinski definition) is 3. The van der Waals surface area contributed by atoms with Crippen LogP contribution in [-0.2, 0) is 6.54 Å². The lowest BCUT2D eigenvalue weighted by Gasteiger charge is -2.12. The van der Waals surface area contributed by atoms with Gasteiger partial charge >= 0.3 is 0 Å². The summed E-state index contributed by atoms with van der Waals surface area (Å²) in [5.41, 5.74) is 2.99. The van der Waals surface area contributed by atoms with Crippen molar-refractivity contribution in [3.8, 4) is 11.8 Å². The van der Waals surface area contributed by atoms with Crippen LogP contribution >= 0.6 is 11.6 Å². The number of anilines is 1. The van der Waals surface area contributed by atoms with Gasteiger partial charge in [-0.2, -0.15) is 5.26 Å². The van der Waals surface area contributed by atoms with Crippen LogP contribution in [0.15, 0.2) is 42.5 Å². The fourth-order valence-corrected chi connectivity index (χ4v) is 2.16. The second kappa shape index (κ2) is 6.83. The zero-order valence-corrected chi connectivity index (χ0v) is 11.9. The van der Waals surface area contributed by atoms with Crippen LogP contribution in [0.2, 0.25) is 5.02 Å². The molecule has 4 heteroatoms. The van der Waals surface area contributed by atoms with E-state index in [1.165, 1.54) is 0 Å². The molecule has 0 atom stereocenters. The number of para-hydroxylation sites is 1. The summed E-state index contributed by atoms with van der Waals surface area (Å²) in [4.78, 5) is 0. The van der Waals surface area contributed by atoms with Gasteiger partial charge in [-0.25, -0.2) is 0 Å². The zero-order valence-electron chi connectivity index (χ0n) is 11.2. The second-order valence-electron chi connectivity index (χ2n) is 4.39. The van der Waals surface area contributed by atoms with Gasteiger partial charge in [0.05, 0.1) is 10.7 Å². The third-order valence-corrected chi connectivity index (χ3v) is 3.17. The number of aryl methyl sites for hydroxylation is 1. The highest BCUT2D eigenvalue weighted by atomic mass is 35.5. The first-order valence-electron chi connectivity index (χ1n) is 6.28. The van der Waals surface area contributed by atoms with Crippen LogP contribution in [0, 0.1) is 18.3 Å². The lowest BCUT2D eigenvalue weighted by Crippen LogP contribution is -2.04. The van der Waals surface area contributed by atoms with Crippen LogP contribution in [0.25, 0.3) is 0 Å². The molecular weight excluding hydrogens is 272 g/mol. The number of nitrogens with zero attached hydrogens (tertiary/aromatic N) is 1. The Kier molecular flexibility index (Phi) is 4.86. The Morgan fingerprint density at radius 1 is 1.25 bits per heavy atom. The Bertz CT molecular complexity index is 635. The SMILES string of the molecule is Cc1ccc(NCc2ccccc2OCC#N)c(Cl)c1. The summed E-state index contributed by atoms with van der Waals surface area (Å²) in [5.74, 6) is 0.713. The lowest BCUT2D eigenvalue weighted by atomic mass is 10.2. The van der Waals surface area contributed by atoms with Crippen LogP contribution in [0.5, 0.6) is 5.75 Å². The van der Waals surface area contributed by atoms with Crippen molar-refractivity contribution in [1.82, 2.24) is 0 Å². The molecule has 20 heavy (non-hydrogen) atoms. The third kappa shape index (κ3) is 3.66. The first kappa shape index (κ1) is 14.2. The molecule has 0 saturated carbocycles. The minimum absolute atomic E-state index is 0.0439. The average molecular weight is 287 g/mol. The van der Waals surface area contributed by atoms with E-state index in [-0.39, 0.29) is 6.61 Å². The van der Waals surface area contributed by atoms with Crippen molar-refractivity contribution >= 4 is 17.3 Å². The number of rotatable bonds is 5.